The Bertz CT molecular complexity index is 491. The molecule has 0 aliphatic heterocycles. The minimum absolute atomic E-state index is 0.278. The van der Waals surface area contributed by atoms with Crippen LogP contribution in [0.3, 0.4) is 0 Å². The molecule has 0 aliphatic carbocycles. The fourth-order valence-electron chi connectivity index (χ4n) is 1.75. The van der Waals surface area contributed by atoms with Crippen LogP contribution in [0, 0.1) is 5.82 Å². The maximum Gasteiger partial charge on any atom is 0.239 e. The van der Waals surface area contributed by atoms with Gasteiger partial charge in [-0.05, 0) is 39.1 Å². The molecule has 0 heterocycles. The molecule has 0 bridgehead atoms. The third-order valence-electron chi connectivity index (χ3n) is 2.69. The number of halogens is 1. The first-order valence-electron chi connectivity index (χ1n) is 5.85. The molecule has 1 aromatic carbocycles. The molecule has 6 heteroatoms. The summed E-state index contributed by atoms with van der Waals surface area (Å²) in [7, 11) is -1.78. The first-order chi connectivity index (χ1) is 8.43. The average Bonchev–Trinajstić information content (AvgIpc) is 2.30. The van der Waals surface area contributed by atoms with Crippen molar-refractivity contribution in [2.75, 3.05) is 24.4 Å². The third-order valence-corrected chi connectivity index (χ3v) is 4.96. The van der Waals surface area contributed by atoms with Gasteiger partial charge >= 0.3 is 0 Å². The van der Waals surface area contributed by atoms with E-state index in [4.69, 9.17) is 0 Å². The van der Waals surface area contributed by atoms with E-state index in [0.29, 0.717) is 12.2 Å². The lowest BCUT2D eigenvalue weighted by molar-refractivity contribution is 0.574. The topological polar surface area (TPSA) is 49.4 Å². The van der Waals surface area contributed by atoms with Gasteiger partial charge in [-0.25, -0.2) is 12.8 Å². The second-order valence-electron chi connectivity index (χ2n) is 4.06. The summed E-state index contributed by atoms with van der Waals surface area (Å²) in [4.78, 5) is 0. The van der Waals surface area contributed by atoms with Gasteiger partial charge < -0.3 is 5.32 Å². The SMILES string of the molecule is CCN(c1cccc(F)c1)S(=O)(=O)C(C)CNC. The van der Waals surface area contributed by atoms with Crippen molar-refractivity contribution in [3.8, 4) is 0 Å². The van der Waals surface area contributed by atoms with Gasteiger partial charge in [-0.1, -0.05) is 6.07 Å². The minimum atomic E-state index is -3.48. The van der Waals surface area contributed by atoms with E-state index in [2.05, 4.69) is 5.32 Å². The zero-order chi connectivity index (χ0) is 13.8. The Labute approximate surface area is 108 Å². The molecular weight excluding hydrogens is 255 g/mol. The Morgan fingerprint density at radius 2 is 2.11 bits per heavy atom. The van der Waals surface area contributed by atoms with Crippen molar-refractivity contribution in [3.63, 3.8) is 0 Å². The van der Waals surface area contributed by atoms with E-state index in [9.17, 15) is 12.8 Å². The lowest BCUT2D eigenvalue weighted by Crippen LogP contribution is -2.41. The lowest BCUT2D eigenvalue weighted by atomic mass is 10.3. The highest BCUT2D eigenvalue weighted by Crippen LogP contribution is 2.21. The van der Waals surface area contributed by atoms with E-state index in [1.807, 2.05) is 0 Å². The summed E-state index contributed by atoms with van der Waals surface area (Å²) in [5.74, 6) is -0.442. The standard InChI is InChI=1S/C12H19FN2O2S/c1-4-15(12-7-5-6-11(13)8-12)18(16,17)10(2)9-14-3/h5-8,10,14H,4,9H2,1-3H3. The maximum absolute atomic E-state index is 13.2. The molecule has 102 valence electrons. The van der Waals surface area contributed by atoms with Crippen molar-refractivity contribution in [2.24, 2.45) is 0 Å². The zero-order valence-corrected chi connectivity index (χ0v) is 11.7. The molecule has 0 fully saturated rings. The van der Waals surface area contributed by atoms with Gasteiger partial charge in [-0.15, -0.1) is 0 Å². The second-order valence-corrected chi connectivity index (χ2v) is 6.33. The normalized spacial score (nSPS) is 13.3. The van der Waals surface area contributed by atoms with Crippen molar-refractivity contribution < 1.29 is 12.8 Å². The van der Waals surface area contributed by atoms with Crippen LogP contribution in [0.5, 0.6) is 0 Å². The van der Waals surface area contributed by atoms with E-state index in [-0.39, 0.29) is 6.54 Å². The smallest absolute Gasteiger partial charge is 0.239 e. The highest BCUT2D eigenvalue weighted by molar-refractivity contribution is 7.93. The number of hydrogen-bond donors (Lipinski definition) is 1. The van der Waals surface area contributed by atoms with Gasteiger partial charge in [-0.2, -0.15) is 0 Å². The fourth-order valence-corrected chi connectivity index (χ4v) is 3.33. The summed E-state index contributed by atoms with van der Waals surface area (Å²) < 4.78 is 39.1. The zero-order valence-electron chi connectivity index (χ0n) is 10.9. The number of rotatable bonds is 6. The Hall–Kier alpha value is -1.14. The summed E-state index contributed by atoms with van der Waals surface area (Å²) in [6.45, 7) is 4.00. The molecule has 1 N–H and O–H groups in total. The Morgan fingerprint density at radius 1 is 1.44 bits per heavy atom. The van der Waals surface area contributed by atoms with E-state index in [1.165, 1.54) is 22.5 Å². The molecule has 0 saturated heterocycles. The van der Waals surface area contributed by atoms with Gasteiger partial charge in [0.25, 0.3) is 0 Å². The van der Waals surface area contributed by atoms with Crippen LogP contribution in [0.1, 0.15) is 13.8 Å². The quantitative estimate of drug-likeness (QED) is 0.857. The number of nitrogens with one attached hydrogen (secondary N) is 1. The molecule has 0 amide bonds. The van der Waals surface area contributed by atoms with E-state index in [0.717, 1.165) is 0 Å². The second kappa shape index (κ2) is 6.15. The van der Waals surface area contributed by atoms with E-state index in [1.54, 1.807) is 27.0 Å². The van der Waals surface area contributed by atoms with Gasteiger partial charge in [0.2, 0.25) is 10.0 Å². The molecule has 0 radical (unpaired) electrons. The molecule has 0 aliphatic rings. The number of benzene rings is 1. The molecule has 1 atom stereocenters. The van der Waals surface area contributed by atoms with Crippen molar-refractivity contribution in [1.82, 2.24) is 5.32 Å². The molecule has 1 rings (SSSR count). The van der Waals surface area contributed by atoms with Gasteiger partial charge in [0.05, 0.1) is 10.9 Å². The molecule has 0 spiro atoms. The molecule has 18 heavy (non-hydrogen) atoms. The van der Waals surface area contributed by atoms with Gasteiger partial charge in [0.15, 0.2) is 0 Å². The first-order valence-corrected chi connectivity index (χ1v) is 7.35. The van der Waals surface area contributed by atoms with Crippen LogP contribution in [-0.2, 0) is 10.0 Å². The van der Waals surface area contributed by atoms with Crippen LogP contribution in [0.15, 0.2) is 24.3 Å². The van der Waals surface area contributed by atoms with Crippen LogP contribution in [0.4, 0.5) is 10.1 Å². The predicted molar refractivity (Wildman–Crippen MR) is 71.7 cm³/mol. The molecule has 1 unspecified atom stereocenters. The van der Waals surface area contributed by atoms with Gasteiger partial charge in [0, 0.05) is 13.1 Å². The monoisotopic (exact) mass is 274 g/mol. The summed E-state index contributed by atoms with van der Waals surface area (Å²) >= 11 is 0. The largest absolute Gasteiger partial charge is 0.318 e. The van der Waals surface area contributed by atoms with Crippen LogP contribution >= 0.6 is 0 Å². The molecule has 4 nitrogen and oxygen atoms in total. The third kappa shape index (κ3) is 3.20. The highest BCUT2D eigenvalue weighted by Gasteiger charge is 2.27. The summed E-state index contributed by atoms with van der Waals surface area (Å²) in [6.07, 6.45) is 0. The van der Waals surface area contributed by atoms with Crippen LogP contribution in [-0.4, -0.2) is 33.8 Å². The van der Waals surface area contributed by atoms with E-state index < -0.39 is 21.1 Å². The number of hydrogen-bond acceptors (Lipinski definition) is 3. The Morgan fingerprint density at radius 3 is 2.61 bits per heavy atom. The van der Waals surface area contributed by atoms with E-state index >= 15 is 0 Å². The van der Waals surface area contributed by atoms with Gasteiger partial charge in [0.1, 0.15) is 5.82 Å². The Kier molecular flexibility index (Phi) is 5.10. The molecule has 0 saturated carbocycles. The number of nitrogens with zero attached hydrogens (tertiary/aromatic N) is 1. The summed E-state index contributed by atoms with van der Waals surface area (Å²) in [6, 6.07) is 5.62. The molecule has 0 aromatic heterocycles. The predicted octanol–water partition coefficient (Wildman–Crippen LogP) is 1.59. The number of anilines is 1. The number of sulfonamides is 1. The highest BCUT2D eigenvalue weighted by atomic mass is 32.2. The first kappa shape index (κ1) is 14.9. The van der Waals surface area contributed by atoms with Crippen molar-refractivity contribution >= 4 is 15.7 Å². The van der Waals surface area contributed by atoms with Crippen molar-refractivity contribution in [2.45, 2.75) is 19.1 Å². The van der Waals surface area contributed by atoms with Gasteiger partial charge in [-0.3, -0.25) is 4.31 Å². The van der Waals surface area contributed by atoms with Crippen molar-refractivity contribution in [3.05, 3.63) is 30.1 Å². The summed E-state index contributed by atoms with van der Waals surface area (Å²) in [5.41, 5.74) is 0.362. The maximum atomic E-state index is 13.2. The van der Waals surface area contributed by atoms with Crippen LogP contribution < -0.4 is 9.62 Å². The fraction of sp³-hybridized carbons (Fsp3) is 0.500. The minimum Gasteiger partial charge on any atom is -0.318 e. The molecular formula is C12H19FN2O2S. The van der Waals surface area contributed by atoms with Crippen LogP contribution in [0.25, 0.3) is 0 Å². The average molecular weight is 274 g/mol. The Balaban J connectivity index is 3.10. The lowest BCUT2D eigenvalue weighted by Gasteiger charge is -2.26. The van der Waals surface area contributed by atoms with Crippen molar-refractivity contribution in [1.29, 1.82) is 0 Å². The molecule has 1 aromatic rings. The van der Waals surface area contributed by atoms with Crippen LogP contribution in [0.2, 0.25) is 0 Å². The summed E-state index contributed by atoms with van der Waals surface area (Å²) in [5, 5.41) is 2.27.